The predicted molar refractivity (Wildman–Crippen MR) is 123 cm³/mol. The van der Waals surface area contributed by atoms with Crippen LogP contribution in [0.3, 0.4) is 0 Å². The van der Waals surface area contributed by atoms with Crippen molar-refractivity contribution in [1.82, 2.24) is 10.3 Å². The maximum Gasteiger partial charge on any atom is 0.278 e. The van der Waals surface area contributed by atoms with Gasteiger partial charge in [0.05, 0.1) is 0 Å². The summed E-state index contributed by atoms with van der Waals surface area (Å²) in [5.74, 6) is 0.101. The molecular formula is C20H18Cl3N3O2S. The molecule has 152 valence electrons. The first-order valence-electron chi connectivity index (χ1n) is 8.87. The molecular weight excluding hydrogens is 453 g/mol. The molecule has 0 aliphatic carbocycles. The second-order valence-corrected chi connectivity index (χ2v) is 9.23. The van der Waals surface area contributed by atoms with Crippen LogP contribution in [0.2, 0.25) is 0 Å². The van der Waals surface area contributed by atoms with E-state index in [0.717, 1.165) is 23.1 Å². The van der Waals surface area contributed by atoms with Crippen LogP contribution >= 0.6 is 47.0 Å². The number of benzene rings is 2. The first-order chi connectivity index (χ1) is 13.7. The molecule has 2 aromatic carbocycles. The summed E-state index contributed by atoms with van der Waals surface area (Å²) in [5, 5.41) is 5.20. The molecule has 29 heavy (non-hydrogen) atoms. The minimum Gasteiger partial charge on any atom is -0.436 e. The SMILES string of the molecule is CC[C@@H](C)c1ccc2oc(-c3cccc(NC(=S)NC(=O)C(Cl)(Cl)Cl)c3)nc2c1. The van der Waals surface area contributed by atoms with Gasteiger partial charge in [-0.3, -0.25) is 10.1 Å². The van der Waals surface area contributed by atoms with Crippen molar-refractivity contribution in [3.8, 4) is 11.5 Å². The van der Waals surface area contributed by atoms with Crippen molar-refractivity contribution in [2.45, 2.75) is 30.0 Å². The number of anilines is 1. The Morgan fingerprint density at radius 3 is 2.69 bits per heavy atom. The quantitative estimate of drug-likeness (QED) is 0.351. The molecule has 5 nitrogen and oxygen atoms in total. The van der Waals surface area contributed by atoms with Crippen molar-refractivity contribution >= 4 is 74.8 Å². The topological polar surface area (TPSA) is 67.2 Å². The molecule has 0 unspecified atom stereocenters. The summed E-state index contributed by atoms with van der Waals surface area (Å²) in [6, 6.07) is 13.3. The average Bonchev–Trinajstić information content (AvgIpc) is 3.10. The van der Waals surface area contributed by atoms with Crippen LogP contribution in [0, 0.1) is 0 Å². The fourth-order valence-electron chi connectivity index (χ4n) is 2.68. The third kappa shape index (κ3) is 5.39. The molecule has 1 heterocycles. The number of carbonyl (C=O) groups excluding carboxylic acids is 1. The number of aromatic nitrogens is 1. The number of hydrogen-bond donors (Lipinski definition) is 2. The van der Waals surface area contributed by atoms with E-state index in [2.05, 4.69) is 41.6 Å². The van der Waals surface area contributed by atoms with Crippen LogP contribution in [0.4, 0.5) is 5.69 Å². The van der Waals surface area contributed by atoms with Crippen molar-refractivity contribution < 1.29 is 9.21 Å². The van der Waals surface area contributed by atoms with E-state index in [1.165, 1.54) is 5.56 Å². The number of amides is 1. The highest BCUT2D eigenvalue weighted by atomic mass is 35.6. The number of nitrogens with zero attached hydrogens (tertiary/aromatic N) is 1. The number of thiocarbonyl (C=S) groups is 1. The van der Waals surface area contributed by atoms with Crippen LogP contribution in [0.1, 0.15) is 31.7 Å². The molecule has 0 radical (unpaired) electrons. The summed E-state index contributed by atoms with van der Waals surface area (Å²) in [5.41, 5.74) is 4.13. The van der Waals surface area contributed by atoms with Crippen molar-refractivity contribution in [3.63, 3.8) is 0 Å². The van der Waals surface area contributed by atoms with Gasteiger partial charge in [-0.1, -0.05) is 60.8 Å². The molecule has 0 aliphatic rings. The van der Waals surface area contributed by atoms with Crippen molar-refractivity contribution in [2.75, 3.05) is 5.32 Å². The summed E-state index contributed by atoms with van der Waals surface area (Å²) in [7, 11) is 0. The molecule has 0 saturated heterocycles. The summed E-state index contributed by atoms with van der Waals surface area (Å²) in [6.07, 6.45) is 1.05. The number of oxazole rings is 1. The lowest BCUT2D eigenvalue weighted by atomic mass is 9.98. The molecule has 9 heteroatoms. The van der Waals surface area contributed by atoms with Crippen LogP contribution in [-0.2, 0) is 4.79 Å². The van der Waals surface area contributed by atoms with Gasteiger partial charge in [-0.05, 0) is 60.5 Å². The van der Waals surface area contributed by atoms with Gasteiger partial charge < -0.3 is 9.73 Å². The van der Waals surface area contributed by atoms with Crippen LogP contribution in [0.5, 0.6) is 0 Å². The summed E-state index contributed by atoms with van der Waals surface area (Å²) < 4.78 is 3.80. The fraction of sp³-hybridized carbons (Fsp3) is 0.250. The lowest BCUT2D eigenvalue weighted by Crippen LogP contribution is -2.41. The normalized spacial score (nSPS) is 12.6. The van der Waals surface area contributed by atoms with Gasteiger partial charge >= 0.3 is 0 Å². The molecule has 0 bridgehead atoms. The van der Waals surface area contributed by atoms with Gasteiger partial charge in [0.25, 0.3) is 9.70 Å². The van der Waals surface area contributed by atoms with E-state index >= 15 is 0 Å². The van der Waals surface area contributed by atoms with Crippen molar-refractivity contribution in [3.05, 3.63) is 48.0 Å². The van der Waals surface area contributed by atoms with Crippen molar-refractivity contribution in [2.24, 2.45) is 0 Å². The van der Waals surface area contributed by atoms with Gasteiger partial charge in [0.1, 0.15) is 5.52 Å². The molecule has 0 saturated carbocycles. The van der Waals surface area contributed by atoms with E-state index in [0.29, 0.717) is 17.5 Å². The van der Waals surface area contributed by atoms with Crippen LogP contribution < -0.4 is 10.6 Å². The van der Waals surface area contributed by atoms with Gasteiger partial charge in [0.15, 0.2) is 10.7 Å². The zero-order chi connectivity index (χ0) is 21.2. The monoisotopic (exact) mass is 469 g/mol. The highest BCUT2D eigenvalue weighted by molar-refractivity contribution is 7.80. The summed E-state index contributed by atoms with van der Waals surface area (Å²) in [6.45, 7) is 4.34. The average molecular weight is 471 g/mol. The lowest BCUT2D eigenvalue weighted by molar-refractivity contribution is -0.118. The van der Waals surface area contributed by atoms with E-state index < -0.39 is 9.70 Å². The van der Waals surface area contributed by atoms with Gasteiger partial charge in [0, 0.05) is 11.3 Å². The molecule has 1 aromatic heterocycles. The fourth-order valence-corrected chi connectivity index (χ4v) is 3.03. The molecule has 3 rings (SSSR count). The Labute approximate surface area is 188 Å². The molecule has 3 aromatic rings. The minimum absolute atomic E-state index is 0.00855. The first kappa shape index (κ1) is 21.8. The largest absolute Gasteiger partial charge is 0.436 e. The molecule has 0 aliphatic heterocycles. The van der Waals surface area contributed by atoms with E-state index in [4.69, 9.17) is 51.4 Å². The van der Waals surface area contributed by atoms with E-state index in [1.54, 1.807) is 12.1 Å². The molecule has 1 amide bonds. The van der Waals surface area contributed by atoms with E-state index in [-0.39, 0.29) is 5.11 Å². The highest BCUT2D eigenvalue weighted by Crippen LogP contribution is 2.29. The molecule has 1 atom stereocenters. The zero-order valence-corrected chi connectivity index (χ0v) is 18.7. The highest BCUT2D eigenvalue weighted by Gasteiger charge is 2.31. The second kappa shape index (κ2) is 8.88. The third-order valence-electron chi connectivity index (χ3n) is 4.44. The van der Waals surface area contributed by atoms with Gasteiger partial charge in [-0.2, -0.15) is 0 Å². The number of rotatable bonds is 4. The zero-order valence-electron chi connectivity index (χ0n) is 15.6. The molecule has 2 N–H and O–H groups in total. The maximum absolute atomic E-state index is 11.7. The van der Waals surface area contributed by atoms with Gasteiger partial charge in [-0.15, -0.1) is 0 Å². The predicted octanol–water partition coefficient (Wildman–Crippen LogP) is 6.19. The second-order valence-electron chi connectivity index (χ2n) is 6.54. The van der Waals surface area contributed by atoms with Gasteiger partial charge in [-0.25, -0.2) is 4.98 Å². The van der Waals surface area contributed by atoms with E-state index in [1.807, 2.05) is 18.2 Å². The van der Waals surface area contributed by atoms with Crippen LogP contribution in [-0.4, -0.2) is 19.8 Å². The first-order valence-corrected chi connectivity index (χ1v) is 10.4. The standard InChI is InChI=1S/C20H18Cl3N3O2S/c1-3-11(2)12-7-8-16-15(10-12)25-17(28-16)13-5-4-6-14(9-13)24-19(29)26-18(27)20(21,22)23/h4-11H,3H2,1-2H3,(H2,24,26,27,29)/t11-/m1/s1. The Morgan fingerprint density at radius 1 is 1.24 bits per heavy atom. The third-order valence-corrected chi connectivity index (χ3v) is 5.16. The Kier molecular flexibility index (Phi) is 6.69. The summed E-state index contributed by atoms with van der Waals surface area (Å²) in [4.78, 5) is 16.3. The number of hydrogen-bond acceptors (Lipinski definition) is 4. The number of nitrogens with one attached hydrogen (secondary N) is 2. The number of fused-ring (bicyclic) bond motifs is 1. The Morgan fingerprint density at radius 2 is 2.00 bits per heavy atom. The Bertz CT molecular complexity index is 1060. The Balaban J connectivity index is 1.80. The Hall–Kier alpha value is -1.86. The van der Waals surface area contributed by atoms with Gasteiger partial charge in [0.2, 0.25) is 5.89 Å². The molecule has 0 spiro atoms. The summed E-state index contributed by atoms with van der Waals surface area (Å²) >= 11 is 21.7. The van der Waals surface area contributed by atoms with E-state index in [9.17, 15) is 4.79 Å². The number of carbonyl (C=O) groups is 1. The number of halogens is 3. The molecule has 0 fully saturated rings. The van der Waals surface area contributed by atoms with Crippen LogP contribution in [0.25, 0.3) is 22.6 Å². The van der Waals surface area contributed by atoms with Crippen molar-refractivity contribution in [1.29, 1.82) is 0 Å². The smallest absolute Gasteiger partial charge is 0.278 e. The number of alkyl halides is 3. The lowest BCUT2D eigenvalue weighted by Gasteiger charge is -2.13. The van der Waals surface area contributed by atoms with Crippen LogP contribution in [0.15, 0.2) is 46.9 Å². The minimum atomic E-state index is -2.10. The maximum atomic E-state index is 11.7.